The predicted molar refractivity (Wildman–Crippen MR) is 506 cm³/mol. The van der Waals surface area contributed by atoms with Crippen LogP contribution in [0, 0.1) is 0 Å². The first-order chi connectivity index (χ1) is 57.6. The van der Waals surface area contributed by atoms with Crippen LogP contribution in [-0.2, 0) is 48.6 Å². The zero-order valence-electron chi connectivity index (χ0n) is 73.8. The first kappa shape index (κ1) is 91.0. The topological polar surface area (TPSA) is 223 Å². The summed E-state index contributed by atoms with van der Waals surface area (Å²) in [5.74, 6) is -3.06. The Morgan fingerprint density at radius 3 is 0.528 bits per heavy atom. The Hall–Kier alpha value is -5.30. The van der Waals surface area contributed by atoms with Crippen LogP contribution in [0.25, 0.3) is 86.2 Å². The molecule has 4 saturated heterocycles. The molecule has 0 bridgehead atoms. The summed E-state index contributed by atoms with van der Waals surface area (Å²) in [5.41, 5.74) is -1.77. The predicted octanol–water partition coefficient (Wildman–Crippen LogP) is 20.5. The van der Waals surface area contributed by atoms with Crippen molar-refractivity contribution in [2.45, 2.75) is 287 Å². The molecule has 123 heavy (non-hydrogen) atoms. The summed E-state index contributed by atoms with van der Waals surface area (Å²) < 4.78 is 57.7. The standard InChI is InChI=1S/C58H74B4N2O12.C34H26Br4N2O4.2BrH.Cu/c1-21-29(22-2)63-47(65)41-35(59-69-51(5,6)52(7,8)70-59)25-31-33-27-37(61-73-55(13,14)56(15,16)74-61)43-46-40(33)34(32-26-36(42(48(63)66)45(41)39(31)32)60-71-53(9,10)54(11,12)72-60)28-38(62-75-57(17,18)58(19,20)76-62)44(46)50(68)64(49(43)67)30(23-3)24-4;1-5-13(6-2)39-31(41)25-19(35)9-15-17-11-21(37)27-30-24(17)18(16-10-20(36)26(32(39)42)29(25)23(15)16)12-22(38)28(30)34(44)40(33(27)43)14(7-3)8-4;;;/h25-30H,21-24H2,1-20H3;9-14H,5-8H2,1-4H3;2*1H;/q;;;;+2/p-2. The molecule has 8 aliphatic heterocycles. The molecule has 0 atom stereocenters. The Labute approximate surface area is 772 Å². The number of carbonyl (C=O) groups excluding carboxylic acids is 8. The van der Waals surface area contributed by atoms with E-state index in [2.05, 4.69) is 91.9 Å². The average Bonchev–Trinajstić information content (AvgIpc) is 1.40. The molecule has 649 valence electrons. The molecule has 0 unspecified atom stereocenters. The molecule has 18 rings (SSSR count). The Balaban J connectivity index is 0.000000201. The number of halogens is 6. The van der Waals surface area contributed by atoms with Crippen LogP contribution in [0.2, 0.25) is 0 Å². The van der Waals surface area contributed by atoms with E-state index in [1.807, 2.05) is 215 Å². The summed E-state index contributed by atoms with van der Waals surface area (Å²) in [6, 6.07) is 14.3. The van der Waals surface area contributed by atoms with E-state index < -0.39 is 109 Å². The van der Waals surface area contributed by atoms with Gasteiger partial charge in [-0.2, -0.15) is 0 Å². The Morgan fingerprint density at radius 1 is 0.252 bits per heavy atom. The summed E-state index contributed by atoms with van der Waals surface area (Å²) in [6.07, 6.45) is 4.73. The molecule has 0 aromatic heterocycles. The molecule has 8 amide bonds. The van der Waals surface area contributed by atoms with Crippen LogP contribution in [0.15, 0.2) is 66.4 Å². The zero-order chi connectivity index (χ0) is 89.7. The summed E-state index contributed by atoms with van der Waals surface area (Å²) in [5, 5.41) is 10.8. The average molecular weight is 2100 g/mol. The van der Waals surface area contributed by atoms with E-state index in [9.17, 15) is 19.2 Å². The number of rotatable bonds is 16. The number of amides is 8. The SMILES string of the molecule is CCC(CC)N1C(=O)c2c(B3OC(C)(C)C(C)(C)O3)cc3c4cc(B5OC(C)(C)C(C)(C)O5)c5c6c(c(B7OC(C)(C)C(C)(C)O7)cc(c7cc(B8OC(C)(C)C(C)(C)O8)c(c2c37)C1=O)c64)C(=O)N(C(CC)CC)C5=O.CCC(CC)N1C(=O)c2c(Br)cc3c4cc(Br)c5c6c(c(Br)cc(c7cc(Br)c(c2c37)C1=O)c64)C(=O)N(C(CC)CC)C5=O.[Br][Cu][Br]. The van der Waals surface area contributed by atoms with Crippen molar-refractivity contribution in [2.24, 2.45) is 0 Å². The quantitative estimate of drug-likeness (QED) is 0.0379. The van der Waals surface area contributed by atoms with Crippen molar-refractivity contribution in [1.29, 1.82) is 0 Å². The summed E-state index contributed by atoms with van der Waals surface area (Å²) in [4.78, 5) is 126. The Kier molecular flexibility index (Phi) is 23.1. The van der Waals surface area contributed by atoms with Crippen molar-refractivity contribution in [2.75, 3.05) is 0 Å². The minimum absolute atomic E-state index is 0.220. The van der Waals surface area contributed by atoms with Crippen molar-refractivity contribution in [1.82, 2.24) is 19.6 Å². The van der Waals surface area contributed by atoms with Crippen molar-refractivity contribution in [3.8, 4) is 0 Å². The molecule has 8 aliphatic rings. The van der Waals surface area contributed by atoms with Gasteiger partial charge >= 0.3 is 68.0 Å². The van der Waals surface area contributed by atoms with Crippen LogP contribution >= 0.6 is 91.9 Å². The van der Waals surface area contributed by atoms with Gasteiger partial charge in [-0.1, -0.05) is 79.7 Å². The van der Waals surface area contributed by atoms with Gasteiger partial charge in [0.2, 0.25) is 0 Å². The minimum atomic E-state index is -1.06. The van der Waals surface area contributed by atoms with Gasteiger partial charge in [-0.05, 0) is 337 Å². The van der Waals surface area contributed by atoms with E-state index >= 15 is 19.2 Å². The first-order valence-corrected chi connectivity index (χ1v) is 50.5. The third-order valence-electron chi connectivity index (χ3n) is 29.4. The van der Waals surface area contributed by atoms with Gasteiger partial charge in [-0.15, -0.1) is 0 Å². The summed E-state index contributed by atoms with van der Waals surface area (Å²) in [6.45, 7) is 47.4. The number of benzene rings is 10. The number of nitrogens with zero attached hydrogens (tertiary/aromatic N) is 4. The monoisotopic (exact) mass is 2100 g/mol. The molecule has 4 fully saturated rings. The second-order valence-electron chi connectivity index (χ2n) is 37.9. The fraction of sp³-hybridized carbons (Fsp3) is 0.478. The van der Waals surface area contributed by atoms with Crippen LogP contribution in [0.3, 0.4) is 0 Å². The molecule has 8 heterocycles. The number of hydrogen-bond acceptors (Lipinski definition) is 16. The fourth-order valence-corrected chi connectivity index (χ4v) is 22.2. The van der Waals surface area contributed by atoms with Gasteiger partial charge in [-0.25, -0.2) is 0 Å². The van der Waals surface area contributed by atoms with Crippen LogP contribution in [-0.4, -0.2) is 164 Å². The molecule has 0 N–H and O–H groups in total. The van der Waals surface area contributed by atoms with Gasteiger partial charge < -0.3 is 37.2 Å². The Bertz CT molecular complexity index is 5570. The summed E-state index contributed by atoms with van der Waals surface area (Å²) >= 11 is 22.2. The van der Waals surface area contributed by atoms with Crippen molar-refractivity contribution in [3.63, 3.8) is 0 Å². The second-order valence-corrected chi connectivity index (χ2v) is 46.0. The molecule has 31 heteroatoms. The number of carbonyl (C=O) groups is 8. The van der Waals surface area contributed by atoms with Crippen LogP contribution in [0.1, 0.15) is 300 Å². The molecular formula is C92H100B4Br6CuN4O16. The molecule has 0 spiro atoms. The molecule has 10 aromatic rings. The normalized spacial score (nSPS) is 20.3. The van der Waals surface area contributed by atoms with Gasteiger partial charge in [0.15, 0.2) is 0 Å². The maximum absolute atomic E-state index is 15.9. The van der Waals surface area contributed by atoms with Crippen molar-refractivity contribution < 1.29 is 86.9 Å². The van der Waals surface area contributed by atoms with Gasteiger partial charge in [0.25, 0.3) is 47.3 Å². The van der Waals surface area contributed by atoms with E-state index in [0.717, 1.165) is 32.3 Å². The number of fused-ring (bicyclic) bond motifs is 4. The van der Waals surface area contributed by atoms with Crippen LogP contribution in [0.4, 0.5) is 0 Å². The number of imide groups is 4. The first-order valence-electron chi connectivity index (χ1n) is 42.7. The van der Waals surface area contributed by atoms with Gasteiger partial charge in [0, 0.05) is 85.9 Å². The fourth-order valence-electron chi connectivity index (χ4n) is 19.9. The molecule has 0 saturated carbocycles. The van der Waals surface area contributed by atoms with Gasteiger partial charge in [-0.3, -0.25) is 58.0 Å². The molecule has 0 radical (unpaired) electrons. The number of hydrogen-bond donors (Lipinski definition) is 0. The van der Waals surface area contributed by atoms with Crippen molar-refractivity contribution >= 4 is 276 Å². The van der Waals surface area contributed by atoms with E-state index in [1.165, 1.54) is 30.9 Å². The molecular weight excluding hydrogens is 2000 g/mol. The van der Waals surface area contributed by atoms with Crippen molar-refractivity contribution in [3.05, 3.63) is 111 Å². The van der Waals surface area contributed by atoms with Gasteiger partial charge in [0.1, 0.15) is 0 Å². The zero-order valence-corrected chi connectivity index (χ0v) is 84.2. The molecule has 10 aromatic carbocycles. The third-order valence-corrected chi connectivity index (χ3v) is 31.9. The Morgan fingerprint density at radius 2 is 0.382 bits per heavy atom. The van der Waals surface area contributed by atoms with E-state index in [4.69, 9.17) is 37.2 Å². The molecule has 0 aliphatic carbocycles. The second kappa shape index (κ2) is 31.2. The van der Waals surface area contributed by atoms with E-state index in [0.29, 0.717) is 167 Å². The van der Waals surface area contributed by atoms with Crippen LogP contribution in [0.5, 0.6) is 0 Å². The summed E-state index contributed by atoms with van der Waals surface area (Å²) in [7, 11) is -4.25. The molecule has 20 nitrogen and oxygen atoms in total. The van der Waals surface area contributed by atoms with E-state index in [1.54, 1.807) is 0 Å². The maximum atomic E-state index is 15.9. The third kappa shape index (κ3) is 13.1. The van der Waals surface area contributed by atoms with Crippen LogP contribution < -0.4 is 21.9 Å². The van der Waals surface area contributed by atoms with E-state index in [-0.39, 0.29) is 58.0 Å². The van der Waals surface area contributed by atoms with Gasteiger partial charge in [0.05, 0.1) is 67.1 Å².